The molecular weight excluding hydrogens is 280 g/mol. The Morgan fingerprint density at radius 3 is 3.07 bits per heavy atom. The predicted octanol–water partition coefficient (Wildman–Crippen LogP) is 1.95. The highest BCUT2D eigenvalue weighted by atomic mass is 79.9. The Morgan fingerprint density at radius 1 is 1.53 bits per heavy atom. The van der Waals surface area contributed by atoms with E-state index in [1.54, 1.807) is 18.3 Å². The van der Waals surface area contributed by atoms with Crippen molar-refractivity contribution < 1.29 is 4.79 Å². The van der Waals surface area contributed by atoms with Crippen LogP contribution in [0.25, 0.3) is 0 Å². The van der Waals surface area contributed by atoms with E-state index in [0.717, 1.165) is 16.0 Å². The van der Waals surface area contributed by atoms with Crippen LogP contribution in [-0.2, 0) is 0 Å². The molecule has 0 unspecified atom stereocenters. The van der Waals surface area contributed by atoms with Gasteiger partial charge in [-0.2, -0.15) is 0 Å². The number of nitrogens with zero attached hydrogens (tertiary/aromatic N) is 3. The van der Waals surface area contributed by atoms with Gasteiger partial charge in [0.1, 0.15) is 10.7 Å². The molecule has 2 aromatic rings. The lowest BCUT2D eigenvalue weighted by atomic mass is 10.4. The zero-order valence-corrected chi connectivity index (χ0v) is 9.75. The van der Waals surface area contributed by atoms with Crippen molar-refractivity contribution in [3.63, 3.8) is 0 Å². The van der Waals surface area contributed by atoms with Gasteiger partial charge in [-0.05, 0) is 23.7 Å². The number of hydrogen-bond donors (Lipinski definition) is 1. The van der Waals surface area contributed by atoms with Gasteiger partial charge in [-0.25, -0.2) is 4.98 Å². The van der Waals surface area contributed by atoms with Crippen molar-refractivity contribution in [2.45, 2.75) is 0 Å². The number of pyridine rings is 1. The molecule has 0 saturated carbocycles. The van der Waals surface area contributed by atoms with Crippen LogP contribution < -0.4 is 5.32 Å². The maximum Gasteiger partial charge on any atom is 0.270 e. The van der Waals surface area contributed by atoms with E-state index >= 15 is 0 Å². The first kappa shape index (κ1) is 10.2. The molecule has 0 aromatic carbocycles. The molecule has 2 heterocycles. The second-order valence-electron chi connectivity index (χ2n) is 2.60. The summed E-state index contributed by atoms with van der Waals surface area (Å²) >= 11 is 4.33. The molecule has 0 aliphatic carbocycles. The minimum absolute atomic E-state index is 0.254. The second-order valence-corrected chi connectivity index (χ2v) is 4.30. The lowest BCUT2D eigenvalue weighted by Gasteiger charge is -2.01. The van der Waals surface area contributed by atoms with Gasteiger partial charge in [0.2, 0.25) is 0 Å². The number of amides is 1. The van der Waals surface area contributed by atoms with Crippen LogP contribution in [-0.4, -0.2) is 20.5 Å². The third kappa shape index (κ3) is 2.57. The molecule has 15 heavy (non-hydrogen) atoms. The first-order chi connectivity index (χ1) is 7.25. The number of aromatic nitrogens is 3. The molecule has 0 saturated heterocycles. The average Bonchev–Trinajstić information content (AvgIpc) is 2.70. The average molecular weight is 285 g/mol. The van der Waals surface area contributed by atoms with Gasteiger partial charge in [0.05, 0.1) is 6.20 Å². The van der Waals surface area contributed by atoms with Crippen molar-refractivity contribution in [3.8, 4) is 0 Å². The predicted molar refractivity (Wildman–Crippen MR) is 59.8 cm³/mol. The molecule has 76 valence electrons. The minimum atomic E-state index is -0.254. The molecule has 0 aliphatic heterocycles. The van der Waals surface area contributed by atoms with Gasteiger partial charge in [0.25, 0.3) is 5.91 Å². The van der Waals surface area contributed by atoms with Gasteiger partial charge < -0.3 is 5.32 Å². The zero-order chi connectivity index (χ0) is 10.7. The van der Waals surface area contributed by atoms with Crippen LogP contribution in [0.1, 0.15) is 9.67 Å². The fraction of sp³-hybridized carbons (Fsp3) is 0. The summed E-state index contributed by atoms with van der Waals surface area (Å²) in [5, 5.41) is 6.22. The van der Waals surface area contributed by atoms with Crippen LogP contribution in [0.2, 0.25) is 0 Å². The molecular formula is C8H5BrN4OS. The highest BCUT2D eigenvalue weighted by Crippen LogP contribution is 2.14. The molecule has 0 fully saturated rings. The van der Waals surface area contributed by atoms with Crippen molar-refractivity contribution in [1.29, 1.82) is 0 Å². The van der Waals surface area contributed by atoms with E-state index < -0.39 is 0 Å². The van der Waals surface area contributed by atoms with E-state index in [9.17, 15) is 4.79 Å². The van der Waals surface area contributed by atoms with Gasteiger partial charge in [0.15, 0.2) is 0 Å². The normalized spacial score (nSPS) is 9.93. The lowest BCUT2D eigenvalue weighted by molar-refractivity contribution is 0.103. The molecule has 5 nitrogen and oxygen atoms in total. The highest BCUT2D eigenvalue weighted by Gasteiger charge is 2.08. The summed E-state index contributed by atoms with van der Waals surface area (Å²) in [6.07, 6.45) is 3.02. The Kier molecular flexibility index (Phi) is 3.02. The molecule has 1 N–H and O–H groups in total. The van der Waals surface area contributed by atoms with E-state index in [1.165, 1.54) is 6.20 Å². The van der Waals surface area contributed by atoms with Crippen LogP contribution in [0.4, 0.5) is 5.82 Å². The van der Waals surface area contributed by atoms with Crippen molar-refractivity contribution >= 4 is 39.2 Å². The van der Waals surface area contributed by atoms with E-state index in [4.69, 9.17) is 0 Å². The summed E-state index contributed by atoms with van der Waals surface area (Å²) in [6.45, 7) is 0. The van der Waals surface area contributed by atoms with Crippen molar-refractivity contribution in [2.75, 3.05) is 5.32 Å². The number of anilines is 1. The van der Waals surface area contributed by atoms with E-state index in [-0.39, 0.29) is 5.91 Å². The maximum atomic E-state index is 11.6. The van der Waals surface area contributed by atoms with Crippen molar-refractivity contribution in [3.05, 3.63) is 33.9 Å². The third-order valence-electron chi connectivity index (χ3n) is 1.55. The first-order valence-corrected chi connectivity index (χ1v) is 5.52. The Hall–Kier alpha value is -1.34. The van der Waals surface area contributed by atoms with Gasteiger partial charge in [-0.1, -0.05) is 20.4 Å². The number of rotatable bonds is 2. The summed E-state index contributed by atoms with van der Waals surface area (Å²) < 4.78 is 4.46. The smallest absolute Gasteiger partial charge is 0.270 e. The minimum Gasteiger partial charge on any atom is -0.306 e. The van der Waals surface area contributed by atoms with Crippen LogP contribution in [0, 0.1) is 0 Å². The van der Waals surface area contributed by atoms with Gasteiger partial charge >= 0.3 is 0 Å². The number of nitrogens with one attached hydrogen (secondary N) is 1. The van der Waals surface area contributed by atoms with Crippen LogP contribution >= 0.6 is 27.5 Å². The third-order valence-corrected chi connectivity index (χ3v) is 2.71. The molecule has 7 heteroatoms. The Labute approximate surface area is 97.8 Å². The summed E-state index contributed by atoms with van der Waals surface area (Å²) in [5.74, 6) is 0.235. The molecule has 2 rings (SSSR count). The Balaban J connectivity index is 2.13. The molecule has 0 spiro atoms. The zero-order valence-electron chi connectivity index (χ0n) is 7.35. The molecule has 1 amide bonds. The van der Waals surface area contributed by atoms with Gasteiger partial charge in [-0.15, -0.1) is 5.10 Å². The fourth-order valence-corrected chi connectivity index (χ4v) is 1.66. The SMILES string of the molecule is O=C(Nc1cc(Br)ccn1)c1cnns1. The van der Waals surface area contributed by atoms with E-state index in [1.807, 2.05) is 0 Å². The standard InChI is InChI=1S/C8H5BrN4OS/c9-5-1-2-10-7(3-5)12-8(14)6-4-11-13-15-6/h1-4H,(H,10,12,14). The molecule has 0 radical (unpaired) electrons. The Morgan fingerprint density at radius 2 is 2.40 bits per heavy atom. The maximum absolute atomic E-state index is 11.6. The summed E-state index contributed by atoms with van der Waals surface area (Å²) in [6, 6.07) is 3.50. The topological polar surface area (TPSA) is 67.8 Å². The molecule has 0 aliphatic rings. The van der Waals surface area contributed by atoms with Crippen molar-refractivity contribution in [1.82, 2.24) is 14.6 Å². The largest absolute Gasteiger partial charge is 0.306 e. The number of carbonyl (C=O) groups is 1. The number of hydrogen-bond acceptors (Lipinski definition) is 5. The van der Waals surface area contributed by atoms with Crippen LogP contribution in [0.3, 0.4) is 0 Å². The Bertz CT molecular complexity index is 473. The molecule has 0 bridgehead atoms. The quantitative estimate of drug-likeness (QED) is 0.915. The highest BCUT2D eigenvalue weighted by molar-refractivity contribution is 9.10. The van der Waals surface area contributed by atoms with E-state index in [2.05, 4.69) is 35.8 Å². The first-order valence-electron chi connectivity index (χ1n) is 3.96. The summed E-state index contributed by atoms with van der Waals surface area (Å²) in [7, 11) is 0. The summed E-state index contributed by atoms with van der Waals surface area (Å²) in [5.41, 5.74) is 0. The number of halogens is 1. The monoisotopic (exact) mass is 284 g/mol. The van der Waals surface area contributed by atoms with E-state index in [0.29, 0.717) is 10.7 Å². The fourth-order valence-electron chi connectivity index (χ4n) is 0.918. The number of carbonyl (C=O) groups excluding carboxylic acids is 1. The van der Waals surface area contributed by atoms with Crippen LogP contribution in [0.15, 0.2) is 29.0 Å². The lowest BCUT2D eigenvalue weighted by Crippen LogP contribution is -2.11. The molecule has 2 aromatic heterocycles. The second kappa shape index (κ2) is 4.45. The van der Waals surface area contributed by atoms with Crippen LogP contribution in [0.5, 0.6) is 0 Å². The van der Waals surface area contributed by atoms with Gasteiger partial charge in [-0.3, -0.25) is 4.79 Å². The molecule has 0 atom stereocenters. The van der Waals surface area contributed by atoms with Gasteiger partial charge in [0, 0.05) is 10.7 Å². The van der Waals surface area contributed by atoms with Crippen molar-refractivity contribution in [2.24, 2.45) is 0 Å². The summed E-state index contributed by atoms with van der Waals surface area (Å²) in [4.78, 5) is 16.0.